The van der Waals surface area contributed by atoms with Crippen molar-refractivity contribution in [3.8, 4) is 0 Å². The minimum absolute atomic E-state index is 0.804. The molecule has 0 aliphatic heterocycles. The molecule has 0 aliphatic carbocycles. The van der Waals surface area contributed by atoms with E-state index >= 15 is 0 Å². The predicted octanol–water partition coefficient (Wildman–Crippen LogP) is 5.63. The van der Waals surface area contributed by atoms with Gasteiger partial charge in [0, 0.05) is 4.47 Å². The topological polar surface area (TPSA) is 24.7 Å². The molecule has 0 unspecified atom stereocenters. The molecule has 0 radical (unpaired) electrons. The highest BCUT2D eigenvalue weighted by Crippen LogP contribution is 2.33. The van der Waals surface area contributed by atoms with Crippen LogP contribution >= 0.6 is 31.9 Å². The highest BCUT2D eigenvalue weighted by atomic mass is 79.9. The van der Waals surface area contributed by atoms with Gasteiger partial charge in [-0.3, -0.25) is 0 Å². The van der Waals surface area contributed by atoms with Crippen LogP contribution in [0.1, 0.15) is 0 Å². The first-order chi connectivity index (χ1) is 7.77. The fraction of sp³-hybridized carbons (Fsp3) is 0. The molecule has 0 spiro atoms. The molecule has 16 heavy (non-hydrogen) atoms. The van der Waals surface area contributed by atoms with Crippen LogP contribution in [0, 0.1) is 0 Å². The van der Waals surface area contributed by atoms with E-state index in [1.54, 1.807) is 0 Å². The van der Waals surface area contributed by atoms with Gasteiger partial charge in [0.2, 0.25) is 0 Å². The van der Waals surface area contributed by atoms with Gasteiger partial charge in [-0.2, -0.15) is 5.11 Å². The van der Waals surface area contributed by atoms with Crippen molar-refractivity contribution in [2.24, 2.45) is 10.2 Å². The normalized spacial score (nSPS) is 10.9. The van der Waals surface area contributed by atoms with Gasteiger partial charge in [0.1, 0.15) is 5.69 Å². The van der Waals surface area contributed by atoms with Gasteiger partial charge in [-0.1, -0.05) is 24.3 Å². The van der Waals surface area contributed by atoms with E-state index in [2.05, 4.69) is 42.1 Å². The van der Waals surface area contributed by atoms with Gasteiger partial charge in [-0.25, -0.2) is 0 Å². The summed E-state index contributed by atoms with van der Waals surface area (Å²) < 4.78 is 1.88. The average Bonchev–Trinajstić information content (AvgIpc) is 2.32. The Morgan fingerprint density at radius 1 is 0.750 bits per heavy atom. The molecule has 0 N–H and O–H groups in total. The van der Waals surface area contributed by atoms with Crippen LogP contribution in [-0.2, 0) is 0 Å². The zero-order chi connectivity index (χ0) is 11.4. The van der Waals surface area contributed by atoms with Crippen LogP contribution in [0.5, 0.6) is 0 Å². The smallest absolute Gasteiger partial charge is 0.101 e. The summed E-state index contributed by atoms with van der Waals surface area (Å²) in [5.74, 6) is 0. The second-order valence-corrected chi connectivity index (χ2v) is 4.76. The minimum atomic E-state index is 0.804. The lowest BCUT2D eigenvalue weighted by atomic mass is 10.3. The molecule has 0 bridgehead atoms. The Labute approximate surface area is 111 Å². The highest BCUT2D eigenvalue weighted by molar-refractivity contribution is 9.13. The summed E-state index contributed by atoms with van der Waals surface area (Å²) in [4.78, 5) is 0. The lowest BCUT2D eigenvalue weighted by Crippen LogP contribution is -1.70. The molecule has 2 aromatic carbocycles. The van der Waals surface area contributed by atoms with Crippen LogP contribution in [0.3, 0.4) is 0 Å². The number of azo groups is 1. The van der Waals surface area contributed by atoms with Crippen LogP contribution in [0.2, 0.25) is 0 Å². The van der Waals surface area contributed by atoms with E-state index in [0.717, 1.165) is 20.3 Å². The van der Waals surface area contributed by atoms with Gasteiger partial charge in [0.25, 0.3) is 0 Å². The summed E-state index contributed by atoms with van der Waals surface area (Å²) in [5, 5.41) is 8.34. The van der Waals surface area contributed by atoms with E-state index < -0.39 is 0 Å². The molecule has 2 rings (SSSR count). The third kappa shape index (κ3) is 2.77. The van der Waals surface area contributed by atoms with Crippen LogP contribution in [0.25, 0.3) is 0 Å². The summed E-state index contributed by atoms with van der Waals surface area (Å²) in [6, 6.07) is 15.4. The first-order valence-electron chi connectivity index (χ1n) is 4.68. The van der Waals surface area contributed by atoms with Crippen molar-refractivity contribution in [2.45, 2.75) is 0 Å². The summed E-state index contributed by atoms with van der Waals surface area (Å²) in [6.07, 6.45) is 0. The van der Waals surface area contributed by atoms with E-state index in [9.17, 15) is 0 Å². The summed E-state index contributed by atoms with van der Waals surface area (Å²) >= 11 is 6.88. The number of hydrogen-bond acceptors (Lipinski definition) is 2. The van der Waals surface area contributed by atoms with Crippen molar-refractivity contribution in [2.75, 3.05) is 0 Å². The van der Waals surface area contributed by atoms with E-state index in [1.165, 1.54) is 0 Å². The SMILES string of the molecule is Brc1cccc(N=Nc2ccccc2)c1Br. The van der Waals surface area contributed by atoms with Crippen LogP contribution in [-0.4, -0.2) is 0 Å². The van der Waals surface area contributed by atoms with Gasteiger partial charge >= 0.3 is 0 Å². The van der Waals surface area contributed by atoms with Crippen LogP contribution in [0.15, 0.2) is 67.7 Å². The molecule has 4 heteroatoms. The second kappa shape index (κ2) is 5.37. The fourth-order valence-corrected chi connectivity index (χ4v) is 1.88. The van der Waals surface area contributed by atoms with Crippen molar-refractivity contribution in [1.82, 2.24) is 0 Å². The Kier molecular flexibility index (Phi) is 3.85. The predicted molar refractivity (Wildman–Crippen MR) is 72.5 cm³/mol. The van der Waals surface area contributed by atoms with Gasteiger partial charge in [0.15, 0.2) is 0 Å². The molecule has 0 aromatic heterocycles. The fourth-order valence-electron chi connectivity index (χ4n) is 1.18. The number of hydrogen-bond donors (Lipinski definition) is 0. The maximum Gasteiger partial charge on any atom is 0.101 e. The quantitative estimate of drug-likeness (QED) is 0.634. The Hall–Kier alpha value is -1.00. The van der Waals surface area contributed by atoms with Gasteiger partial charge in [-0.15, -0.1) is 5.11 Å². The van der Waals surface area contributed by atoms with Gasteiger partial charge in [0.05, 0.1) is 10.2 Å². The van der Waals surface area contributed by atoms with E-state index in [0.29, 0.717) is 0 Å². The van der Waals surface area contributed by atoms with Gasteiger partial charge in [-0.05, 0) is 56.1 Å². The number of benzene rings is 2. The number of nitrogens with zero attached hydrogens (tertiary/aromatic N) is 2. The largest absolute Gasteiger partial charge is 0.151 e. The van der Waals surface area contributed by atoms with Crippen molar-refractivity contribution < 1.29 is 0 Å². The third-order valence-electron chi connectivity index (χ3n) is 1.96. The third-order valence-corrected chi connectivity index (χ3v) is 3.99. The molecule has 2 aromatic rings. The molecular formula is C12H8Br2N2. The first kappa shape index (κ1) is 11.5. The summed E-state index contributed by atoms with van der Waals surface area (Å²) in [5.41, 5.74) is 1.65. The number of halogens is 2. The molecule has 0 saturated carbocycles. The van der Waals surface area contributed by atoms with E-state index in [4.69, 9.17) is 0 Å². The Morgan fingerprint density at radius 2 is 1.50 bits per heavy atom. The highest BCUT2D eigenvalue weighted by Gasteiger charge is 2.01. The average molecular weight is 340 g/mol. The maximum atomic E-state index is 4.18. The second-order valence-electron chi connectivity index (χ2n) is 3.11. The summed E-state index contributed by atoms with van der Waals surface area (Å²) in [6.45, 7) is 0. The molecule has 0 heterocycles. The molecule has 0 atom stereocenters. The van der Waals surface area contributed by atoms with Crippen LogP contribution < -0.4 is 0 Å². The van der Waals surface area contributed by atoms with Crippen molar-refractivity contribution in [1.29, 1.82) is 0 Å². The molecule has 0 amide bonds. The van der Waals surface area contributed by atoms with E-state index in [-0.39, 0.29) is 0 Å². The molecule has 80 valence electrons. The molecule has 2 nitrogen and oxygen atoms in total. The van der Waals surface area contributed by atoms with Crippen molar-refractivity contribution >= 4 is 43.2 Å². The molecule has 0 aliphatic rings. The lowest BCUT2D eigenvalue weighted by Gasteiger charge is -1.98. The van der Waals surface area contributed by atoms with Crippen LogP contribution in [0.4, 0.5) is 11.4 Å². The van der Waals surface area contributed by atoms with Crippen molar-refractivity contribution in [3.05, 3.63) is 57.5 Å². The standard InChI is InChI=1S/C12H8Br2N2/c13-10-7-4-8-11(12(10)14)16-15-9-5-2-1-3-6-9/h1-8H. The molecule has 0 saturated heterocycles. The monoisotopic (exact) mass is 338 g/mol. The Bertz CT molecular complexity index is 510. The van der Waals surface area contributed by atoms with Crippen molar-refractivity contribution in [3.63, 3.8) is 0 Å². The zero-order valence-corrected chi connectivity index (χ0v) is 11.4. The molecular weight excluding hydrogens is 332 g/mol. The number of rotatable bonds is 2. The molecule has 0 fully saturated rings. The Morgan fingerprint density at radius 3 is 2.25 bits per heavy atom. The minimum Gasteiger partial charge on any atom is -0.151 e. The lowest BCUT2D eigenvalue weighted by molar-refractivity contribution is 1.22. The van der Waals surface area contributed by atoms with Gasteiger partial charge < -0.3 is 0 Å². The van der Waals surface area contributed by atoms with E-state index in [1.807, 2.05) is 48.5 Å². The Balaban J connectivity index is 2.28. The zero-order valence-electron chi connectivity index (χ0n) is 8.27. The first-order valence-corrected chi connectivity index (χ1v) is 6.27. The maximum absolute atomic E-state index is 4.18. The summed E-state index contributed by atoms with van der Waals surface area (Å²) in [7, 11) is 0.